The molecular formula is C20H24FN5OS2. The number of rotatable bonds is 4. The number of ether oxygens (including phenoxy) is 1. The Morgan fingerprint density at radius 2 is 2.14 bits per heavy atom. The lowest BCUT2D eigenvalue weighted by Gasteiger charge is -2.38. The molecule has 0 radical (unpaired) electrons. The zero-order valence-electron chi connectivity index (χ0n) is 16.0. The molecule has 0 bridgehead atoms. The monoisotopic (exact) mass is 433 g/mol. The fourth-order valence-corrected chi connectivity index (χ4v) is 4.91. The smallest absolute Gasteiger partial charge is 0.192 e. The molecule has 2 N–H and O–H groups in total. The van der Waals surface area contributed by atoms with Gasteiger partial charge in [-0.1, -0.05) is 6.42 Å². The summed E-state index contributed by atoms with van der Waals surface area (Å²) in [5.74, 6) is 0.622. The first-order valence-corrected chi connectivity index (χ1v) is 11.5. The van der Waals surface area contributed by atoms with E-state index < -0.39 is 0 Å². The number of hydrogen-bond donors (Lipinski definition) is 2. The Morgan fingerprint density at radius 3 is 2.83 bits per heavy atom. The predicted molar refractivity (Wildman–Crippen MR) is 115 cm³/mol. The number of benzene rings is 1. The third-order valence-corrected chi connectivity index (χ3v) is 6.64. The third kappa shape index (κ3) is 5.29. The Bertz CT molecular complexity index is 852. The fraction of sp³-hybridized carbons (Fsp3) is 0.400. The molecular weight excluding hydrogens is 409 g/mol. The van der Waals surface area contributed by atoms with Crippen LogP contribution in [0.1, 0.15) is 37.3 Å². The van der Waals surface area contributed by atoms with E-state index in [0.717, 1.165) is 36.0 Å². The molecule has 0 amide bonds. The largest absolute Gasteiger partial charge is 0.493 e. The molecule has 2 aliphatic heterocycles. The van der Waals surface area contributed by atoms with Crippen molar-refractivity contribution in [1.82, 2.24) is 20.1 Å². The van der Waals surface area contributed by atoms with E-state index in [2.05, 4.69) is 24.8 Å². The van der Waals surface area contributed by atoms with Gasteiger partial charge in [0.25, 0.3) is 0 Å². The molecule has 3 aromatic rings. The molecule has 154 valence electrons. The first kappa shape index (κ1) is 20.2. The number of likely N-dealkylation sites (tertiary alicyclic amines) is 1. The van der Waals surface area contributed by atoms with Crippen LogP contribution in [0.3, 0.4) is 0 Å². The van der Waals surface area contributed by atoms with E-state index in [1.54, 1.807) is 24.7 Å². The summed E-state index contributed by atoms with van der Waals surface area (Å²) in [7, 11) is 0. The highest BCUT2D eigenvalue weighted by Gasteiger charge is 2.29. The molecule has 0 saturated carbocycles. The Kier molecular flexibility index (Phi) is 7.02. The Hall–Kier alpha value is -2.10. The maximum absolute atomic E-state index is 14.6. The molecule has 0 aliphatic carbocycles. The first-order chi connectivity index (χ1) is 14.3. The highest BCUT2D eigenvalue weighted by molar-refractivity contribution is 8.00. The average molecular weight is 434 g/mol. The lowest BCUT2D eigenvalue weighted by Crippen LogP contribution is -2.36. The minimum absolute atomic E-state index is 0.199. The van der Waals surface area contributed by atoms with E-state index in [1.165, 1.54) is 42.5 Å². The molecule has 2 aromatic heterocycles. The molecule has 9 heteroatoms. The molecule has 5 rings (SSSR count). The lowest BCUT2D eigenvalue weighted by atomic mass is 9.96. The number of aromatic nitrogens is 3. The van der Waals surface area contributed by atoms with Gasteiger partial charge in [-0.15, -0.1) is 11.3 Å². The van der Waals surface area contributed by atoms with Crippen molar-refractivity contribution in [2.45, 2.75) is 36.6 Å². The molecule has 1 fully saturated rings. The lowest BCUT2D eigenvalue weighted by molar-refractivity contribution is 0.119. The quantitative estimate of drug-likeness (QED) is 0.557. The minimum Gasteiger partial charge on any atom is -0.493 e. The summed E-state index contributed by atoms with van der Waals surface area (Å²) in [6, 6.07) is 5.61. The number of nitrogens with one attached hydrogen (secondary N) is 2. The van der Waals surface area contributed by atoms with Crippen molar-refractivity contribution in [2.24, 2.45) is 0 Å². The van der Waals surface area contributed by atoms with Gasteiger partial charge in [0.05, 0.1) is 11.5 Å². The molecule has 6 nitrogen and oxygen atoms in total. The van der Waals surface area contributed by atoms with Crippen molar-refractivity contribution >= 4 is 28.4 Å². The second-order valence-electron chi connectivity index (χ2n) is 6.88. The molecule has 4 heterocycles. The van der Waals surface area contributed by atoms with Gasteiger partial charge in [0, 0.05) is 42.0 Å². The van der Waals surface area contributed by atoms with E-state index in [9.17, 15) is 4.39 Å². The Morgan fingerprint density at radius 1 is 1.24 bits per heavy atom. The van der Waals surface area contributed by atoms with Crippen LogP contribution < -0.4 is 9.46 Å². The van der Waals surface area contributed by atoms with Crippen LogP contribution >= 0.6 is 23.3 Å². The van der Waals surface area contributed by atoms with Crippen LogP contribution in [0.15, 0.2) is 47.1 Å². The third-order valence-electron chi connectivity index (χ3n) is 4.99. The average Bonchev–Trinajstić information content (AvgIpc) is 3.49. The maximum Gasteiger partial charge on any atom is 0.192 e. The number of thiazole rings is 1. The van der Waals surface area contributed by atoms with Crippen molar-refractivity contribution in [3.63, 3.8) is 0 Å². The maximum atomic E-state index is 14.6. The van der Waals surface area contributed by atoms with E-state index in [4.69, 9.17) is 4.74 Å². The Balaban J connectivity index is 0.000000359. The van der Waals surface area contributed by atoms with Gasteiger partial charge in [-0.05, 0) is 56.1 Å². The zero-order chi connectivity index (χ0) is 19.9. The summed E-state index contributed by atoms with van der Waals surface area (Å²) in [5, 5.41) is 8.86. The highest BCUT2D eigenvalue weighted by Crippen LogP contribution is 2.40. The number of fused-ring (bicyclic) bond motifs is 1. The van der Waals surface area contributed by atoms with E-state index in [-0.39, 0.29) is 11.9 Å². The van der Waals surface area contributed by atoms with Crippen molar-refractivity contribution in [3.8, 4) is 5.75 Å². The summed E-state index contributed by atoms with van der Waals surface area (Å²) in [6.45, 7) is 2.91. The molecule has 1 saturated heterocycles. The normalized spacial score (nSPS) is 18.9. The van der Waals surface area contributed by atoms with E-state index in [1.807, 2.05) is 17.5 Å². The zero-order valence-corrected chi connectivity index (χ0v) is 17.6. The van der Waals surface area contributed by atoms with Gasteiger partial charge in [0.2, 0.25) is 0 Å². The van der Waals surface area contributed by atoms with Gasteiger partial charge < -0.3 is 9.46 Å². The number of anilines is 1. The van der Waals surface area contributed by atoms with Crippen molar-refractivity contribution in [2.75, 3.05) is 24.4 Å². The second-order valence-corrected chi connectivity index (χ2v) is 8.62. The van der Waals surface area contributed by atoms with Crippen molar-refractivity contribution in [1.29, 1.82) is 0 Å². The summed E-state index contributed by atoms with van der Waals surface area (Å²) >= 11 is 2.74. The van der Waals surface area contributed by atoms with Crippen LogP contribution in [0, 0.1) is 5.82 Å². The van der Waals surface area contributed by atoms with Crippen LogP contribution in [0.5, 0.6) is 5.75 Å². The predicted octanol–water partition coefficient (Wildman–Crippen LogP) is 5.12. The molecule has 0 spiro atoms. The van der Waals surface area contributed by atoms with Crippen LogP contribution in [-0.2, 0) is 0 Å². The fourth-order valence-electron chi connectivity index (χ4n) is 3.65. The SMILES string of the molecule is Fc1cc2c(cc1SNc1nccs1)OCCC2N1CCCCC1.c1cn[nH]c1. The topological polar surface area (TPSA) is 66.1 Å². The number of H-pyrrole nitrogens is 1. The van der Waals surface area contributed by atoms with Crippen LogP contribution in [0.2, 0.25) is 0 Å². The second kappa shape index (κ2) is 10.1. The highest BCUT2D eigenvalue weighted by atomic mass is 32.2. The minimum atomic E-state index is -0.199. The summed E-state index contributed by atoms with van der Waals surface area (Å²) < 4.78 is 23.5. The number of halogens is 1. The van der Waals surface area contributed by atoms with Gasteiger partial charge in [0.15, 0.2) is 5.13 Å². The molecule has 2 aliphatic rings. The summed E-state index contributed by atoms with van der Waals surface area (Å²) in [4.78, 5) is 7.18. The van der Waals surface area contributed by atoms with Gasteiger partial charge in [0.1, 0.15) is 11.6 Å². The van der Waals surface area contributed by atoms with Gasteiger partial charge >= 0.3 is 0 Å². The van der Waals surface area contributed by atoms with Gasteiger partial charge in [-0.3, -0.25) is 10.00 Å². The summed E-state index contributed by atoms with van der Waals surface area (Å²) in [5.41, 5.74) is 0.999. The summed E-state index contributed by atoms with van der Waals surface area (Å²) in [6.07, 6.45) is 9.90. The number of aromatic amines is 1. The number of piperidine rings is 1. The van der Waals surface area contributed by atoms with Gasteiger partial charge in [-0.25, -0.2) is 9.37 Å². The Labute approximate surface area is 178 Å². The van der Waals surface area contributed by atoms with Crippen LogP contribution in [0.25, 0.3) is 0 Å². The molecule has 1 unspecified atom stereocenters. The first-order valence-electron chi connectivity index (χ1n) is 9.77. The van der Waals surface area contributed by atoms with Crippen molar-refractivity contribution < 1.29 is 9.13 Å². The van der Waals surface area contributed by atoms with E-state index >= 15 is 0 Å². The van der Waals surface area contributed by atoms with Gasteiger partial charge in [-0.2, -0.15) is 5.10 Å². The molecule has 1 aromatic carbocycles. The number of nitrogens with zero attached hydrogens (tertiary/aromatic N) is 3. The van der Waals surface area contributed by atoms with E-state index in [0.29, 0.717) is 11.5 Å². The van der Waals surface area contributed by atoms with Crippen molar-refractivity contribution in [3.05, 3.63) is 53.6 Å². The van der Waals surface area contributed by atoms with Crippen LogP contribution in [0.4, 0.5) is 9.52 Å². The molecule has 1 atom stereocenters. The van der Waals surface area contributed by atoms with Crippen LogP contribution in [-0.4, -0.2) is 39.8 Å². The molecule has 29 heavy (non-hydrogen) atoms. The number of hydrogen-bond acceptors (Lipinski definition) is 7. The standard InChI is InChI=1S/C17H20FN3OS2.C3H4N2/c18-13-10-12-14(21-6-2-1-3-7-21)4-8-22-15(12)11-16(13)24-20-17-19-5-9-23-17;1-2-4-5-3-1/h5,9-11,14H,1-4,6-8H2,(H,19,20);1-3H,(H,4,5).